The third-order valence-electron chi connectivity index (χ3n) is 12.4. The highest BCUT2D eigenvalue weighted by molar-refractivity contribution is 5.76. The van der Waals surface area contributed by atoms with E-state index in [1.165, 1.54) is 212 Å². The third kappa shape index (κ3) is 44.6. The summed E-state index contributed by atoms with van der Waals surface area (Å²) in [6.45, 7) is 4.18. The number of allylic oxidation sites excluding steroid dienone is 6. The van der Waals surface area contributed by atoms with E-state index in [0.717, 1.165) is 44.9 Å². The van der Waals surface area contributed by atoms with Gasteiger partial charge in [0.2, 0.25) is 5.91 Å². The molecule has 0 spiro atoms. The zero-order chi connectivity index (χ0) is 43.7. The third-order valence-corrected chi connectivity index (χ3v) is 12.4. The lowest BCUT2D eigenvalue weighted by atomic mass is 10.0. The van der Waals surface area contributed by atoms with Crippen LogP contribution in [0.5, 0.6) is 0 Å². The van der Waals surface area contributed by atoms with E-state index in [-0.39, 0.29) is 12.5 Å². The number of aliphatic hydroxyl groups is 3. The number of hydrogen-bond acceptors (Lipinski definition) is 4. The predicted molar refractivity (Wildman–Crippen MR) is 264 cm³/mol. The Morgan fingerprint density at radius 2 is 0.683 bits per heavy atom. The smallest absolute Gasteiger partial charge is 0.220 e. The summed E-state index contributed by atoms with van der Waals surface area (Å²) in [5.41, 5.74) is 0. The lowest BCUT2D eigenvalue weighted by molar-refractivity contribution is -0.124. The molecule has 1 amide bonds. The zero-order valence-electron chi connectivity index (χ0n) is 40.4. The molecular formula is C55H105NO4. The van der Waals surface area contributed by atoms with Crippen molar-refractivity contribution in [2.75, 3.05) is 6.61 Å². The summed E-state index contributed by atoms with van der Waals surface area (Å²) >= 11 is 0. The second kappa shape index (κ2) is 50.2. The quantitative estimate of drug-likeness (QED) is 0.0363. The molecule has 354 valence electrons. The Bertz CT molecular complexity index is 931. The largest absolute Gasteiger partial charge is 0.394 e. The Morgan fingerprint density at radius 3 is 1.02 bits per heavy atom. The molecule has 0 radical (unpaired) electrons. The number of carbonyl (C=O) groups excluding carboxylic acids is 1. The highest BCUT2D eigenvalue weighted by atomic mass is 16.3. The van der Waals surface area contributed by atoms with Gasteiger partial charge in [0.15, 0.2) is 0 Å². The van der Waals surface area contributed by atoms with Gasteiger partial charge in [0.25, 0.3) is 0 Å². The highest BCUT2D eigenvalue weighted by Crippen LogP contribution is 2.16. The van der Waals surface area contributed by atoms with Gasteiger partial charge in [-0.15, -0.1) is 0 Å². The Labute approximate surface area is 374 Å². The van der Waals surface area contributed by atoms with Crippen molar-refractivity contribution in [2.24, 2.45) is 0 Å². The molecule has 3 atom stereocenters. The van der Waals surface area contributed by atoms with E-state index in [1.807, 2.05) is 0 Å². The number of rotatable bonds is 49. The van der Waals surface area contributed by atoms with Crippen molar-refractivity contribution in [3.63, 3.8) is 0 Å². The van der Waals surface area contributed by atoms with Crippen molar-refractivity contribution in [2.45, 2.75) is 302 Å². The molecule has 0 aliphatic rings. The van der Waals surface area contributed by atoms with Gasteiger partial charge in [0.05, 0.1) is 18.8 Å². The van der Waals surface area contributed by atoms with Crippen molar-refractivity contribution in [3.05, 3.63) is 36.5 Å². The van der Waals surface area contributed by atoms with Gasteiger partial charge in [-0.05, 0) is 77.0 Å². The van der Waals surface area contributed by atoms with Crippen LogP contribution < -0.4 is 5.32 Å². The minimum Gasteiger partial charge on any atom is -0.394 e. The van der Waals surface area contributed by atoms with Crippen molar-refractivity contribution < 1.29 is 20.1 Å². The molecule has 0 heterocycles. The SMILES string of the molecule is CCCCCCCCCCC/C=C/CC/C=C/CCCC(O)C(O)C(CO)NC(=O)CCCCCCCCCCCCCC/C=C\CCCCCCCCCCCCCC. The fourth-order valence-electron chi connectivity index (χ4n) is 8.29. The van der Waals surface area contributed by atoms with Gasteiger partial charge >= 0.3 is 0 Å². The molecule has 0 aromatic heterocycles. The molecule has 0 saturated heterocycles. The van der Waals surface area contributed by atoms with Crippen molar-refractivity contribution in [1.82, 2.24) is 5.32 Å². The van der Waals surface area contributed by atoms with Crippen LogP contribution in [0.15, 0.2) is 36.5 Å². The van der Waals surface area contributed by atoms with Crippen LogP contribution >= 0.6 is 0 Å². The molecule has 5 heteroatoms. The summed E-state index contributed by atoms with van der Waals surface area (Å²) in [7, 11) is 0. The molecule has 5 nitrogen and oxygen atoms in total. The monoisotopic (exact) mass is 844 g/mol. The van der Waals surface area contributed by atoms with E-state index in [9.17, 15) is 20.1 Å². The average Bonchev–Trinajstić information content (AvgIpc) is 3.25. The fourth-order valence-corrected chi connectivity index (χ4v) is 8.29. The molecule has 0 fully saturated rings. The van der Waals surface area contributed by atoms with Crippen LogP contribution in [-0.4, -0.2) is 46.1 Å². The van der Waals surface area contributed by atoms with E-state index < -0.39 is 18.2 Å². The summed E-state index contributed by atoms with van der Waals surface area (Å²) in [5.74, 6) is -0.156. The van der Waals surface area contributed by atoms with Gasteiger partial charge in [0, 0.05) is 6.42 Å². The highest BCUT2D eigenvalue weighted by Gasteiger charge is 2.26. The van der Waals surface area contributed by atoms with Gasteiger partial charge in [-0.1, -0.05) is 237 Å². The van der Waals surface area contributed by atoms with E-state index >= 15 is 0 Å². The molecule has 0 aliphatic heterocycles. The first-order valence-electron chi connectivity index (χ1n) is 26.8. The summed E-state index contributed by atoms with van der Waals surface area (Å²) in [6.07, 6.45) is 64.3. The minimum absolute atomic E-state index is 0.156. The Morgan fingerprint density at radius 1 is 0.400 bits per heavy atom. The molecule has 0 saturated carbocycles. The molecule has 60 heavy (non-hydrogen) atoms. The van der Waals surface area contributed by atoms with Gasteiger partial charge in [-0.2, -0.15) is 0 Å². The fraction of sp³-hybridized carbons (Fsp3) is 0.873. The Hall–Kier alpha value is -1.43. The zero-order valence-corrected chi connectivity index (χ0v) is 40.4. The summed E-state index contributed by atoms with van der Waals surface area (Å²) in [5, 5.41) is 33.7. The Balaban J connectivity index is 3.58. The molecule has 0 aliphatic carbocycles. The van der Waals surface area contributed by atoms with Crippen LogP contribution in [0.25, 0.3) is 0 Å². The van der Waals surface area contributed by atoms with Crippen LogP contribution in [0, 0.1) is 0 Å². The first-order chi connectivity index (χ1) is 29.6. The second-order valence-corrected chi connectivity index (χ2v) is 18.4. The molecule has 3 unspecified atom stereocenters. The molecule has 0 aromatic carbocycles. The van der Waals surface area contributed by atoms with Crippen LogP contribution in [-0.2, 0) is 4.79 Å². The number of hydrogen-bond donors (Lipinski definition) is 4. The number of amides is 1. The maximum atomic E-state index is 12.5. The van der Waals surface area contributed by atoms with E-state index in [4.69, 9.17) is 0 Å². The first-order valence-corrected chi connectivity index (χ1v) is 26.8. The maximum absolute atomic E-state index is 12.5. The van der Waals surface area contributed by atoms with Crippen molar-refractivity contribution >= 4 is 5.91 Å². The van der Waals surface area contributed by atoms with Gasteiger partial charge in [0.1, 0.15) is 6.10 Å². The van der Waals surface area contributed by atoms with Gasteiger partial charge < -0.3 is 20.6 Å². The molecule has 4 N–H and O–H groups in total. The van der Waals surface area contributed by atoms with E-state index in [2.05, 4.69) is 55.6 Å². The van der Waals surface area contributed by atoms with Crippen molar-refractivity contribution in [3.8, 4) is 0 Å². The van der Waals surface area contributed by atoms with E-state index in [0.29, 0.717) is 12.8 Å². The summed E-state index contributed by atoms with van der Waals surface area (Å²) in [6, 6.07) is -0.832. The lowest BCUT2D eigenvalue weighted by Crippen LogP contribution is -2.50. The summed E-state index contributed by atoms with van der Waals surface area (Å²) < 4.78 is 0. The molecule has 0 bridgehead atoms. The lowest BCUT2D eigenvalue weighted by Gasteiger charge is -2.26. The van der Waals surface area contributed by atoms with Crippen LogP contribution in [0.2, 0.25) is 0 Å². The molecular weight excluding hydrogens is 739 g/mol. The normalized spacial score (nSPS) is 13.6. The number of unbranched alkanes of at least 4 members (excludes halogenated alkanes) is 35. The van der Waals surface area contributed by atoms with Crippen molar-refractivity contribution in [1.29, 1.82) is 0 Å². The predicted octanol–water partition coefficient (Wildman–Crippen LogP) is 16.3. The van der Waals surface area contributed by atoms with Gasteiger partial charge in [-0.3, -0.25) is 4.79 Å². The van der Waals surface area contributed by atoms with Crippen LogP contribution in [0.4, 0.5) is 0 Å². The first kappa shape index (κ1) is 58.6. The van der Waals surface area contributed by atoms with Crippen LogP contribution in [0.1, 0.15) is 284 Å². The average molecular weight is 844 g/mol. The minimum atomic E-state index is -1.17. The molecule has 0 aromatic rings. The topological polar surface area (TPSA) is 89.8 Å². The number of aliphatic hydroxyl groups excluding tert-OH is 3. The van der Waals surface area contributed by atoms with Gasteiger partial charge in [-0.25, -0.2) is 0 Å². The number of nitrogens with one attached hydrogen (secondary N) is 1. The van der Waals surface area contributed by atoms with Crippen LogP contribution in [0.3, 0.4) is 0 Å². The molecule has 0 rings (SSSR count). The van der Waals surface area contributed by atoms with E-state index in [1.54, 1.807) is 0 Å². The summed E-state index contributed by atoms with van der Waals surface area (Å²) in [4.78, 5) is 12.5. The Kier molecular flexibility index (Phi) is 49.0. The number of carbonyl (C=O) groups is 1. The maximum Gasteiger partial charge on any atom is 0.220 e. The standard InChI is InChI=1S/C55H105NO4/c1-3-5-7-9-11-13-15-17-19-21-23-24-25-26-27-28-29-30-31-32-34-36-38-40-42-44-46-48-50-54(59)56-52(51-57)55(60)53(58)49-47-45-43-41-39-37-35-33-22-20-18-16-14-12-10-8-6-4-2/h26-27,33,35,41,43,52-53,55,57-58,60H,3-25,28-32,34,36-40,42,44-51H2,1-2H3,(H,56,59)/b27-26-,35-33+,43-41+. The second-order valence-electron chi connectivity index (χ2n) is 18.4.